The second-order valence-electron chi connectivity index (χ2n) is 4.70. The monoisotopic (exact) mass is 287 g/mol. The number of hydrogen-bond donors (Lipinski definition) is 1. The third-order valence-electron chi connectivity index (χ3n) is 3.05. The molecule has 0 radical (unpaired) electrons. The van der Waals surface area contributed by atoms with Crippen molar-refractivity contribution in [3.05, 3.63) is 59.5 Å². The Morgan fingerprint density at radius 1 is 1.24 bits per heavy atom. The molecule has 0 bridgehead atoms. The van der Waals surface area contributed by atoms with Gasteiger partial charge in [-0.2, -0.15) is 0 Å². The van der Waals surface area contributed by atoms with Gasteiger partial charge in [0, 0.05) is 0 Å². The summed E-state index contributed by atoms with van der Waals surface area (Å²) in [6, 6.07) is 10.3. The summed E-state index contributed by atoms with van der Waals surface area (Å²) < 4.78 is 10.2. The lowest BCUT2D eigenvalue weighted by Gasteiger charge is -2.12. The molecule has 1 N–H and O–H groups in total. The third-order valence-corrected chi connectivity index (χ3v) is 3.05. The molecular formula is C16H17NO4. The number of benzene rings is 1. The van der Waals surface area contributed by atoms with Crippen LogP contribution in [0.4, 0.5) is 0 Å². The highest BCUT2D eigenvalue weighted by atomic mass is 16.5. The van der Waals surface area contributed by atoms with Gasteiger partial charge >= 0.3 is 5.97 Å². The van der Waals surface area contributed by atoms with Gasteiger partial charge in [-0.05, 0) is 37.6 Å². The van der Waals surface area contributed by atoms with Crippen molar-refractivity contribution in [3.8, 4) is 0 Å². The van der Waals surface area contributed by atoms with Crippen LogP contribution < -0.4 is 5.32 Å². The van der Waals surface area contributed by atoms with Crippen molar-refractivity contribution < 1.29 is 18.7 Å². The van der Waals surface area contributed by atoms with Gasteiger partial charge in [0.15, 0.2) is 6.61 Å². The van der Waals surface area contributed by atoms with E-state index in [-0.39, 0.29) is 18.6 Å². The number of carbonyl (C=O) groups is 2. The Bertz CT molecular complexity index is 619. The Morgan fingerprint density at radius 2 is 2.00 bits per heavy atom. The Balaban J connectivity index is 1.84. The molecule has 5 heteroatoms. The van der Waals surface area contributed by atoms with Crippen molar-refractivity contribution in [1.82, 2.24) is 5.32 Å². The quantitative estimate of drug-likeness (QED) is 0.858. The van der Waals surface area contributed by atoms with Gasteiger partial charge in [0.1, 0.15) is 5.76 Å². The van der Waals surface area contributed by atoms with Crippen molar-refractivity contribution in [2.75, 3.05) is 6.61 Å². The molecule has 1 amide bonds. The van der Waals surface area contributed by atoms with Gasteiger partial charge in [0.05, 0.1) is 17.9 Å². The maximum Gasteiger partial charge on any atom is 0.338 e. The zero-order chi connectivity index (χ0) is 15.2. The lowest BCUT2D eigenvalue weighted by Crippen LogP contribution is -2.31. The van der Waals surface area contributed by atoms with E-state index in [1.807, 2.05) is 19.1 Å². The average Bonchev–Trinajstić information content (AvgIpc) is 2.99. The zero-order valence-electron chi connectivity index (χ0n) is 12.0. The summed E-state index contributed by atoms with van der Waals surface area (Å²) in [4.78, 5) is 23.6. The molecule has 0 aliphatic heterocycles. The SMILES string of the molecule is Cc1ccccc1C(=O)OCC(=O)N[C@@H](C)c1ccco1. The molecule has 0 unspecified atom stereocenters. The number of furan rings is 1. The summed E-state index contributed by atoms with van der Waals surface area (Å²) in [5.41, 5.74) is 1.27. The minimum Gasteiger partial charge on any atom is -0.467 e. The van der Waals surface area contributed by atoms with Gasteiger partial charge in [0.2, 0.25) is 0 Å². The largest absolute Gasteiger partial charge is 0.467 e. The zero-order valence-corrected chi connectivity index (χ0v) is 12.0. The molecule has 110 valence electrons. The van der Waals surface area contributed by atoms with Crippen molar-refractivity contribution in [2.45, 2.75) is 19.9 Å². The first-order valence-electron chi connectivity index (χ1n) is 6.63. The lowest BCUT2D eigenvalue weighted by molar-refractivity contribution is -0.125. The summed E-state index contributed by atoms with van der Waals surface area (Å²) in [7, 11) is 0. The predicted molar refractivity (Wildman–Crippen MR) is 76.7 cm³/mol. The number of amides is 1. The first-order valence-corrected chi connectivity index (χ1v) is 6.63. The fraction of sp³-hybridized carbons (Fsp3) is 0.250. The molecule has 0 saturated heterocycles. The van der Waals surface area contributed by atoms with Crippen LogP contribution in [0.5, 0.6) is 0 Å². The van der Waals surface area contributed by atoms with E-state index in [0.717, 1.165) is 5.56 Å². The molecule has 2 rings (SSSR count). The van der Waals surface area contributed by atoms with Gasteiger partial charge < -0.3 is 14.5 Å². The molecule has 0 saturated carbocycles. The second-order valence-corrected chi connectivity index (χ2v) is 4.70. The molecule has 0 aliphatic carbocycles. The Labute approximate surface area is 122 Å². The van der Waals surface area contributed by atoms with E-state index in [1.165, 1.54) is 6.26 Å². The van der Waals surface area contributed by atoms with Crippen LogP contribution in [0, 0.1) is 6.92 Å². The standard InChI is InChI=1S/C16H17NO4/c1-11-6-3-4-7-13(11)16(19)21-10-15(18)17-12(2)14-8-5-9-20-14/h3-9,12H,10H2,1-2H3,(H,17,18)/t12-/m0/s1. The molecule has 1 aromatic carbocycles. The maximum absolute atomic E-state index is 11.9. The van der Waals surface area contributed by atoms with E-state index in [4.69, 9.17) is 9.15 Å². The normalized spacial score (nSPS) is 11.7. The molecule has 0 spiro atoms. The molecular weight excluding hydrogens is 270 g/mol. The molecule has 1 atom stereocenters. The number of carbonyl (C=O) groups excluding carboxylic acids is 2. The van der Waals surface area contributed by atoms with Crippen molar-refractivity contribution in [3.63, 3.8) is 0 Å². The highest BCUT2D eigenvalue weighted by Crippen LogP contribution is 2.12. The van der Waals surface area contributed by atoms with Gasteiger partial charge in [-0.25, -0.2) is 4.79 Å². The highest BCUT2D eigenvalue weighted by Gasteiger charge is 2.15. The van der Waals surface area contributed by atoms with Crippen LogP contribution >= 0.6 is 0 Å². The average molecular weight is 287 g/mol. The number of esters is 1. The number of rotatable bonds is 5. The number of nitrogens with one attached hydrogen (secondary N) is 1. The second kappa shape index (κ2) is 6.74. The first kappa shape index (κ1) is 14.8. The smallest absolute Gasteiger partial charge is 0.338 e. The minimum absolute atomic E-state index is 0.273. The van der Waals surface area contributed by atoms with Crippen molar-refractivity contribution in [1.29, 1.82) is 0 Å². The summed E-state index contributed by atoms with van der Waals surface area (Å²) in [5, 5.41) is 2.69. The number of hydrogen-bond acceptors (Lipinski definition) is 4. The Morgan fingerprint density at radius 3 is 2.67 bits per heavy atom. The summed E-state index contributed by atoms with van der Waals surface area (Å²) in [6.07, 6.45) is 1.54. The van der Waals surface area contributed by atoms with Crippen LogP contribution in [0.2, 0.25) is 0 Å². The fourth-order valence-corrected chi connectivity index (χ4v) is 1.90. The van der Waals surface area contributed by atoms with Gasteiger partial charge in [-0.15, -0.1) is 0 Å². The van der Waals surface area contributed by atoms with Crippen LogP contribution in [-0.2, 0) is 9.53 Å². The van der Waals surface area contributed by atoms with Crippen molar-refractivity contribution >= 4 is 11.9 Å². The number of ether oxygens (including phenoxy) is 1. The van der Waals surface area contributed by atoms with E-state index < -0.39 is 5.97 Å². The molecule has 0 fully saturated rings. The summed E-state index contributed by atoms with van der Waals surface area (Å²) >= 11 is 0. The van der Waals surface area contributed by atoms with Gasteiger partial charge in [0.25, 0.3) is 5.91 Å². The van der Waals surface area contributed by atoms with Gasteiger partial charge in [-0.1, -0.05) is 18.2 Å². The maximum atomic E-state index is 11.9. The lowest BCUT2D eigenvalue weighted by atomic mass is 10.1. The van der Waals surface area contributed by atoms with Crippen molar-refractivity contribution in [2.24, 2.45) is 0 Å². The predicted octanol–water partition coefficient (Wildman–Crippen LogP) is 2.62. The summed E-state index contributed by atoms with van der Waals surface area (Å²) in [6.45, 7) is 3.29. The van der Waals surface area contributed by atoms with Crippen LogP contribution in [0.25, 0.3) is 0 Å². The Kier molecular flexibility index (Phi) is 4.77. The van der Waals surface area contributed by atoms with Crippen LogP contribution in [-0.4, -0.2) is 18.5 Å². The minimum atomic E-state index is -0.506. The molecule has 21 heavy (non-hydrogen) atoms. The fourth-order valence-electron chi connectivity index (χ4n) is 1.90. The first-order chi connectivity index (χ1) is 10.1. The highest BCUT2D eigenvalue weighted by molar-refractivity contribution is 5.92. The van der Waals surface area contributed by atoms with Crippen LogP contribution in [0.3, 0.4) is 0 Å². The topological polar surface area (TPSA) is 68.5 Å². The molecule has 1 aromatic heterocycles. The molecule has 5 nitrogen and oxygen atoms in total. The molecule has 0 aliphatic rings. The van der Waals surface area contributed by atoms with E-state index in [0.29, 0.717) is 11.3 Å². The van der Waals surface area contributed by atoms with E-state index in [2.05, 4.69) is 5.32 Å². The van der Waals surface area contributed by atoms with E-state index in [9.17, 15) is 9.59 Å². The van der Waals surface area contributed by atoms with E-state index >= 15 is 0 Å². The molecule has 2 aromatic rings. The summed E-state index contributed by atoms with van der Waals surface area (Å²) in [5.74, 6) is -0.233. The molecule has 1 heterocycles. The third kappa shape index (κ3) is 3.95. The Hall–Kier alpha value is -2.56. The van der Waals surface area contributed by atoms with Crippen LogP contribution in [0.1, 0.15) is 34.6 Å². The van der Waals surface area contributed by atoms with Crippen LogP contribution in [0.15, 0.2) is 47.1 Å². The van der Waals surface area contributed by atoms with E-state index in [1.54, 1.807) is 31.2 Å². The number of aryl methyl sites for hydroxylation is 1. The van der Waals surface area contributed by atoms with Gasteiger partial charge in [-0.3, -0.25) is 4.79 Å².